The van der Waals surface area contributed by atoms with Gasteiger partial charge in [0.15, 0.2) is 0 Å². The average molecular weight is 402 g/mol. The van der Waals surface area contributed by atoms with Crippen LogP contribution in [0.3, 0.4) is 0 Å². The topological polar surface area (TPSA) is 92.4 Å². The Bertz CT molecular complexity index is 846. The van der Waals surface area contributed by atoms with Crippen LogP contribution in [0.2, 0.25) is 0 Å². The molecule has 0 saturated heterocycles. The molecule has 0 spiro atoms. The number of hydrogen-bond donors (Lipinski definition) is 3. The van der Waals surface area contributed by atoms with E-state index in [1.54, 1.807) is 18.3 Å². The lowest BCUT2D eigenvalue weighted by Gasteiger charge is -2.19. The van der Waals surface area contributed by atoms with Gasteiger partial charge in [0.2, 0.25) is 11.8 Å². The number of nitrogens with one attached hydrogen (secondary N) is 3. The van der Waals surface area contributed by atoms with E-state index in [0.717, 1.165) is 24.0 Å². The molecule has 3 rings (SSSR count). The van der Waals surface area contributed by atoms with Crippen molar-refractivity contribution in [3.63, 3.8) is 0 Å². The van der Waals surface area contributed by atoms with Gasteiger partial charge in [0.05, 0.1) is 6.04 Å². The van der Waals surface area contributed by atoms with Crippen molar-refractivity contribution in [1.29, 1.82) is 0 Å². The molecule has 0 aromatic carbocycles. The van der Waals surface area contributed by atoms with E-state index < -0.39 is 6.17 Å². The maximum atomic E-state index is 12.9. The number of carbonyl (C=O) groups is 2. The van der Waals surface area contributed by atoms with E-state index in [1.165, 1.54) is 6.92 Å². The quantitative estimate of drug-likeness (QED) is 0.620. The number of alkyl halides is 1. The third kappa shape index (κ3) is 5.79. The van der Waals surface area contributed by atoms with Crippen LogP contribution in [0.15, 0.2) is 35.8 Å². The molecule has 1 fully saturated rings. The van der Waals surface area contributed by atoms with Crippen LogP contribution in [0.1, 0.15) is 43.9 Å². The van der Waals surface area contributed by atoms with E-state index in [4.69, 9.17) is 4.74 Å². The van der Waals surface area contributed by atoms with Crippen molar-refractivity contribution < 1.29 is 18.7 Å². The first-order valence-corrected chi connectivity index (χ1v) is 9.84. The number of amides is 2. The maximum absolute atomic E-state index is 12.9. The molecule has 1 aromatic heterocycles. The summed E-state index contributed by atoms with van der Waals surface area (Å²) in [5.74, 6) is 0.781. The van der Waals surface area contributed by atoms with Gasteiger partial charge in [-0.3, -0.25) is 9.59 Å². The zero-order valence-electron chi connectivity index (χ0n) is 16.9. The maximum Gasteiger partial charge on any atom is 0.251 e. The molecule has 8 heteroatoms. The van der Waals surface area contributed by atoms with E-state index in [9.17, 15) is 14.0 Å². The Morgan fingerprint density at radius 1 is 1.38 bits per heavy atom. The van der Waals surface area contributed by atoms with Crippen molar-refractivity contribution in [3.8, 4) is 5.88 Å². The molecule has 1 saturated carbocycles. The van der Waals surface area contributed by atoms with Gasteiger partial charge in [-0.1, -0.05) is 6.08 Å². The molecule has 7 nitrogen and oxygen atoms in total. The van der Waals surface area contributed by atoms with E-state index in [2.05, 4.69) is 20.9 Å². The number of nitrogens with zero attached hydrogens (tertiary/aromatic N) is 1. The van der Waals surface area contributed by atoms with E-state index in [0.29, 0.717) is 23.8 Å². The van der Waals surface area contributed by atoms with E-state index in [-0.39, 0.29) is 30.4 Å². The second-order valence-corrected chi connectivity index (χ2v) is 7.54. The predicted molar refractivity (Wildman–Crippen MR) is 107 cm³/mol. The smallest absolute Gasteiger partial charge is 0.251 e. The lowest BCUT2D eigenvalue weighted by Crippen LogP contribution is -2.36. The van der Waals surface area contributed by atoms with Crippen molar-refractivity contribution >= 4 is 11.8 Å². The Labute approximate surface area is 169 Å². The van der Waals surface area contributed by atoms with Crippen LogP contribution in [0, 0.1) is 12.8 Å². The highest BCUT2D eigenvalue weighted by Crippen LogP contribution is 2.29. The Morgan fingerprint density at radius 2 is 2.14 bits per heavy atom. The van der Waals surface area contributed by atoms with Gasteiger partial charge in [-0.25, -0.2) is 9.37 Å². The molecule has 0 bridgehead atoms. The molecular weight excluding hydrogens is 375 g/mol. The van der Waals surface area contributed by atoms with Crippen LogP contribution in [0.25, 0.3) is 0 Å². The fourth-order valence-corrected chi connectivity index (χ4v) is 2.88. The highest BCUT2D eigenvalue weighted by molar-refractivity contribution is 5.97. The first-order chi connectivity index (χ1) is 13.8. The van der Waals surface area contributed by atoms with Gasteiger partial charge in [0, 0.05) is 29.8 Å². The Balaban J connectivity index is 1.59. The highest BCUT2D eigenvalue weighted by Gasteiger charge is 2.30. The Morgan fingerprint density at radius 3 is 2.79 bits per heavy atom. The molecule has 2 amide bonds. The number of hydrogen-bond acceptors (Lipinski definition) is 5. The molecule has 2 unspecified atom stereocenters. The fourth-order valence-electron chi connectivity index (χ4n) is 2.88. The summed E-state index contributed by atoms with van der Waals surface area (Å²) < 4.78 is 18.3. The predicted octanol–water partition coefficient (Wildman–Crippen LogP) is 2.20. The van der Waals surface area contributed by atoms with Crippen molar-refractivity contribution in [2.45, 2.75) is 45.8 Å². The van der Waals surface area contributed by atoms with Crippen LogP contribution in [-0.2, 0) is 9.59 Å². The van der Waals surface area contributed by atoms with Crippen LogP contribution in [0.4, 0.5) is 4.39 Å². The van der Waals surface area contributed by atoms with E-state index >= 15 is 0 Å². The molecule has 1 aliphatic carbocycles. The van der Waals surface area contributed by atoms with Gasteiger partial charge in [-0.05, 0) is 51.3 Å². The Hall–Kier alpha value is -2.90. The summed E-state index contributed by atoms with van der Waals surface area (Å²) in [7, 11) is 0. The fraction of sp³-hybridized carbons (Fsp3) is 0.476. The van der Waals surface area contributed by atoms with Crippen LogP contribution in [0.5, 0.6) is 5.88 Å². The molecule has 2 atom stereocenters. The van der Waals surface area contributed by atoms with Gasteiger partial charge in [0.25, 0.3) is 5.91 Å². The number of rotatable bonds is 8. The monoisotopic (exact) mass is 402 g/mol. The minimum absolute atomic E-state index is 0.00945. The van der Waals surface area contributed by atoms with Gasteiger partial charge in [-0.15, -0.1) is 0 Å². The number of aryl methyl sites for hydroxylation is 1. The van der Waals surface area contributed by atoms with Gasteiger partial charge < -0.3 is 20.7 Å². The third-order valence-electron chi connectivity index (χ3n) is 4.73. The number of aromatic nitrogens is 1. The average Bonchev–Trinajstić information content (AvgIpc) is 3.52. The summed E-state index contributed by atoms with van der Waals surface area (Å²) in [6, 6.07) is 1.58. The number of dihydropyridines is 1. The Kier molecular flexibility index (Phi) is 6.51. The number of carbonyl (C=O) groups excluding carboxylic acids is 2. The van der Waals surface area contributed by atoms with Crippen molar-refractivity contribution in [1.82, 2.24) is 20.9 Å². The number of ether oxygens (including phenoxy) is 1. The minimum Gasteiger partial charge on any atom is -0.474 e. The van der Waals surface area contributed by atoms with Crippen molar-refractivity contribution in [3.05, 3.63) is 46.9 Å². The van der Waals surface area contributed by atoms with Gasteiger partial charge in [0.1, 0.15) is 18.6 Å². The second kappa shape index (κ2) is 9.07. The van der Waals surface area contributed by atoms with Crippen molar-refractivity contribution in [2.24, 2.45) is 5.92 Å². The summed E-state index contributed by atoms with van der Waals surface area (Å²) in [6.45, 7) is 5.53. The zero-order chi connectivity index (χ0) is 21.0. The van der Waals surface area contributed by atoms with E-state index in [1.807, 2.05) is 19.9 Å². The summed E-state index contributed by atoms with van der Waals surface area (Å²) in [5, 5.41) is 8.82. The normalized spacial score (nSPS) is 17.9. The lowest BCUT2D eigenvalue weighted by molar-refractivity contribution is -0.122. The zero-order valence-corrected chi connectivity index (χ0v) is 16.9. The third-order valence-corrected chi connectivity index (χ3v) is 4.73. The number of pyridine rings is 1. The van der Waals surface area contributed by atoms with Gasteiger partial charge >= 0.3 is 0 Å². The molecule has 3 N–H and O–H groups in total. The molecule has 1 aromatic rings. The molecule has 2 aliphatic rings. The molecule has 0 radical (unpaired) electrons. The summed E-state index contributed by atoms with van der Waals surface area (Å²) in [4.78, 5) is 28.8. The molecule has 29 heavy (non-hydrogen) atoms. The summed E-state index contributed by atoms with van der Waals surface area (Å²) in [6.07, 6.45) is 5.80. The van der Waals surface area contributed by atoms with Gasteiger partial charge in [-0.2, -0.15) is 0 Å². The molecule has 1 aliphatic heterocycles. The van der Waals surface area contributed by atoms with Crippen LogP contribution in [-0.4, -0.2) is 36.1 Å². The standard InChI is InChI=1S/C21H27FN4O3/c1-12-8-17(10-24-21(12)29-11-13(2)22)14(3)25-20(28)16-6-7-23-18(9-16)26-19(27)15-4-5-15/h6,8-10,13-15,23H,4-5,7,11H2,1-3H3,(H,25,28)(H,26,27). The second-order valence-electron chi connectivity index (χ2n) is 7.54. The molecular formula is C21H27FN4O3. The SMILES string of the molecule is Cc1cc(C(C)NC(=O)C2=CCNC(NC(=O)C3CC3)=C2)cnc1OCC(C)F. The molecule has 2 heterocycles. The van der Waals surface area contributed by atoms with Crippen LogP contribution < -0.4 is 20.7 Å². The summed E-state index contributed by atoms with van der Waals surface area (Å²) >= 11 is 0. The van der Waals surface area contributed by atoms with Crippen molar-refractivity contribution in [2.75, 3.05) is 13.2 Å². The minimum atomic E-state index is -1.07. The largest absolute Gasteiger partial charge is 0.474 e. The first-order valence-electron chi connectivity index (χ1n) is 9.84. The van der Waals surface area contributed by atoms with Crippen LogP contribution >= 0.6 is 0 Å². The number of halogens is 1. The lowest BCUT2D eigenvalue weighted by atomic mass is 10.1. The molecule has 156 valence electrons. The highest BCUT2D eigenvalue weighted by atomic mass is 19.1. The first kappa shape index (κ1) is 20.8. The summed E-state index contributed by atoms with van der Waals surface area (Å²) in [5.41, 5.74) is 2.08.